The lowest BCUT2D eigenvalue weighted by Crippen LogP contribution is -2.34. The molecule has 1 saturated heterocycles. The molecule has 1 heterocycles. The number of hydrogen-bond acceptors (Lipinski definition) is 3. The third-order valence-corrected chi connectivity index (χ3v) is 3.32. The van der Waals surface area contributed by atoms with Crippen LogP contribution in [0.3, 0.4) is 0 Å². The van der Waals surface area contributed by atoms with Crippen molar-refractivity contribution in [1.29, 1.82) is 0 Å². The molecule has 0 spiro atoms. The molecule has 2 N–H and O–H groups in total. The summed E-state index contributed by atoms with van der Waals surface area (Å²) in [7, 11) is 0. The molecule has 0 saturated carbocycles. The number of rotatable bonds is 7. The highest BCUT2D eigenvalue weighted by Gasteiger charge is 2.34. The Morgan fingerprint density at radius 3 is 3.00 bits per heavy atom. The summed E-state index contributed by atoms with van der Waals surface area (Å²) in [5, 5.41) is 0. The van der Waals surface area contributed by atoms with Crippen LogP contribution in [0.25, 0.3) is 0 Å². The summed E-state index contributed by atoms with van der Waals surface area (Å²) in [5.74, 6) is 0.226. The fourth-order valence-electron chi connectivity index (χ4n) is 2.05. The number of nitrogens with two attached hydrogens (primary N) is 1. The van der Waals surface area contributed by atoms with Gasteiger partial charge in [0.2, 0.25) is 5.91 Å². The van der Waals surface area contributed by atoms with E-state index in [-0.39, 0.29) is 11.3 Å². The van der Waals surface area contributed by atoms with Gasteiger partial charge in [0.1, 0.15) is 0 Å². The second kappa shape index (κ2) is 6.77. The fourth-order valence-corrected chi connectivity index (χ4v) is 2.05. The maximum atomic E-state index is 11.9. The molecule has 1 unspecified atom stereocenters. The quantitative estimate of drug-likeness (QED) is 0.537. The number of hydrogen-bond donors (Lipinski definition) is 1. The van der Waals surface area contributed by atoms with Crippen molar-refractivity contribution < 1.29 is 9.53 Å². The average molecular weight is 240 g/mol. The van der Waals surface area contributed by atoms with Gasteiger partial charge >= 0.3 is 0 Å². The van der Waals surface area contributed by atoms with Crippen LogP contribution in [0, 0.1) is 5.41 Å². The smallest absolute Gasteiger partial charge is 0.222 e. The monoisotopic (exact) mass is 240 g/mol. The highest BCUT2D eigenvalue weighted by molar-refractivity contribution is 5.76. The Labute approximate surface area is 104 Å². The SMILES string of the molecule is C=CCOCCCC(=O)N1CCC(C)(CN)C1. The van der Waals surface area contributed by atoms with Crippen molar-refractivity contribution in [2.45, 2.75) is 26.2 Å². The number of ether oxygens (including phenoxy) is 1. The summed E-state index contributed by atoms with van der Waals surface area (Å²) in [6, 6.07) is 0. The van der Waals surface area contributed by atoms with Crippen molar-refractivity contribution in [3.05, 3.63) is 12.7 Å². The van der Waals surface area contributed by atoms with Crippen molar-refractivity contribution in [3.8, 4) is 0 Å². The molecule has 0 aromatic carbocycles. The Balaban J connectivity index is 2.19. The Bertz CT molecular complexity index is 268. The molecular formula is C13H24N2O2. The van der Waals surface area contributed by atoms with E-state index in [1.165, 1.54) is 0 Å². The number of carbonyl (C=O) groups excluding carboxylic acids is 1. The van der Waals surface area contributed by atoms with Gasteiger partial charge in [0.15, 0.2) is 0 Å². The van der Waals surface area contributed by atoms with Crippen LogP contribution in [0.2, 0.25) is 0 Å². The summed E-state index contributed by atoms with van der Waals surface area (Å²) < 4.78 is 5.25. The summed E-state index contributed by atoms with van der Waals surface area (Å²) in [4.78, 5) is 13.8. The molecule has 0 aromatic heterocycles. The van der Waals surface area contributed by atoms with E-state index in [0.717, 1.165) is 25.9 Å². The van der Waals surface area contributed by atoms with E-state index < -0.39 is 0 Å². The minimum absolute atomic E-state index is 0.120. The van der Waals surface area contributed by atoms with Crippen LogP contribution in [0.1, 0.15) is 26.2 Å². The molecule has 0 aromatic rings. The van der Waals surface area contributed by atoms with Crippen molar-refractivity contribution >= 4 is 5.91 Å². The third-order valence-electron chi connectivity index (χ3n) is 3.32. The molecule has 4 heteroatoms. The lowest BCUT2D eigenvalue weighted by Gasteiger charge is -2.22. The molecule has 0 aliphatic carbocycles. The van der Waals surface area contributed by atoms with Crippen molar-refractivity contribution in [2.24, 2.45) is 11.1 Å². The first-order chi connectivity index (χ1) is 8.11. The first-order valence-electron chi connectivity index (χ1n) is 6.28. The Morgan fingerprint density at radius 1 is 1.65 bits per heavy atom. The molecule has 1 aliphatic heterocycles. The highest BCUT2D eigenvalue weighted by atomic mass is 16.5. The topological polar surface area (TPSA) is 55.6 Å². The minimum Gasteiger partial charge on any atom is -0.377 e. The largest absolute Gasteiger partial charge is 0.377 e. The predicted molar refractivity (Wildman–Crippen MR) is 68.6 cm³/mol. The first kappa shape index (κ1) is 14.2. The van der Waals surface area contributed by atoms with Gasteiger partial charge in [-0.1, -0.05) is 13.0 Å². The van der Waals surface area contributed by atoms with Gasteiger partial charge in [0.25, 0.3) is 0 Å². The van der Waals surface area contributed by atoms with Gasteiger partial charge in [-0.2, -0.15) is 0 Å². The zero-order chi connectivity index (χ0) is 12.7. The zero-order valence-corrected chi connectivity index (χ0v) is 10.8. The zero-order valence-electron chi connectivity index (χ0n) is 10.8. The summed E-state index contributed by atoms with van der Waals surface area (Å²) in [6.45, 7) is 9.20. The molecule has 1 fully saturated rings. The van der Waals surface area contributed by atoms with E-state index in [4.69, 9.17) is 10.5 Å². The number of amides is 1. The van der Waals surface area contributed by atoms with Gasteiger partial charge in [-0.3, -0.25) is 4.79 Å². The Hall–Kier alpha value is -0.870. The number of carbonyl (C=O) groups is 1. The van der Waals surface area contributed by atoms with Gasteiger partial charge in [0.05, 0.1) is 6.61 Å². The van der Waals surface area contributed by atoms with E-state index >= 15 is 0 Å². The second-order valence-corrected chi connectivity index (χ2v) is 5.05. The highest BCUT2D eigenvalue weighted by Crippen LogP contribution is 2.28. The molecule has 1 amide bonds. The maximum Gasteiger partial charge on any atom is 0.222 e. The van der Waals surface area contributed by atoms with Crippen LogP contribution in [-0.4, -0.2) is 43.7 Å². The van der Waals surface area contributed by atoms with E-state index in [1.54, 1.807) is 6.08 Å². The molecular weight excluding hydrogens is 216 g/mol. The van der Waals surface area contributed by atoms with Gasteiger partial charge < -0.3 is 15.4 Å². The van der Waals surface area contributed by atoms with Gasteiger partial charge in [0, 0.05) is 26.1 Å². The van der Waals surface area contributed by atoms with Crippen LogP contribution in [0.5, 0.6) is 0 Å². The Morgan fingerprint density at radius 2 is 2.41 bits per heavy atom. The first-order valence-corrected chi connectivity index (χ1v) is 6.28. The molecule has 17 heavy (non-hydrogen) atoms. The van der Waals surface area contributed by atoms with Crippen LogP contribution in [-0.2, 0) is 9.53 Å². The normalized spacial score (nSPS) is 24.0. The summed E-state index contributed by atoms with van der Waals surface area (Å²) >= 11 is 0. The van der Waals surface area contributed by atoms with Crippen LogP contribution in [0.15, 0.2) is 12.7 Å². The van der Waals surface area contributed by atoms with Crippen molar-refractivity contribution in [2.75, 3.05) is 32.8 Å². The molecule has 1 atom stereocenters. The second-order valence-electron chi connectivity index (χ2n) is 5.05. The van der Waals surface area contributed by atoms with E-state index in [2.05, 4.69) is 13.5 Å². The lowest BCUT2D eigenvalue weighted by molar-refractivity contribution is -0.130. The van der Waals surface area contributed by atoms with Crippen LogP contribution >= 0.6 is 0 Å². The summed E-state index contributed by atoms with van der Waals surface area (Å²) in [6.07, 6.45) is 4.08. The molecule has 0 radical (unpaired) electrons. The van der Waals surface area contributed by atoms with Crippen molar-refractivity contribution in [3.63, 3.8) is 0 Å². The number of nitrogens with zero attached hydrogens (tertiary/aromatic N) is 1. The van der Waals surface area contributed by atoms with Gasteiger partial charge in [-0.15, -0.1) is 6.58 Å². The van der Waals surface area contributed by atoms with Crippen LogP contribution in [0.4, 0.5) is 0 Å². The Kier molecular flexibility index (Phi) is 5.65. The summed E-state index contributed by atoms with van der Waals surface area (Å²) in [5.41, 5.74) is 5.84. The van der Waals surface area contributed by atoms with Gasteiger partial charge in [-0.05, 0) is 24.8 Å². The minimum atomic E-state index is 0.120. The molecule has 1 rings (SSSR count). The molecule has 98 valence electrons. The molecule has 1 aliphatic rings. The predicted octanol–water partition coefficient (Wildman–Crippen LogP) is 1.17. The lowest BCUT2D eigenvalue weighted by atomic mass is 9.90. The van der Waals surface area contributed by atoms with E-state index in [0.29, 0.717) is 26.2 Å². The molecule has 0 bridgehead atoms. The van der Waals surface area contributed by atoms with E-state index in [9.17, 15) is 4.79 Å². The maximum absolute atomic E-state index is 11.9. The van der Waals surface area contributed by atoms with Crippen molar-refractivity contribution in [1.82, 2.24) is 4.90 Å². The fraction of sp³-hybridized carbons (Fsp3) is 0.769. The molecule has 4 nitrogen and oxygen atoms in total. The third kappa shape index (κ3) is 4.48. The standard InChI is InChI=1S/C13H24N2O2/c1-3-8-17-9-4-5-12(16)15-7-6-13(2,10-14)11-15/h3H,1,4-11,14H2,2H3. The number of likely N-dealkylation sites (tertiary alicyclic amines) is 1. The van der Waals surface area contributed by atoms with Crippen LogP contribution < -0.4 is 5.73 Å². The van der Waals surface area contributed by atoms with E-state index in [1.807, 2.05) is 4.90 Å². The average Bonchev–Trinajstić information content (AvgIpc) is 2.72. The van der Waals surface area contributed by atoms with Gasteiger partial charge in [-0.25, -0.2) is 0 Å².